The van der Waals surface area contributed by atoms with Crippen LogP contribution >= 0.6 is 0 Å². The Morgan fingerprint density at radius 2 is 1.75 bits per heavy atom. The molecule has 4 atom stereocenters. The van der Waals surface area contributed by atoms with E-state index in [2.05, 4.69) is 21.3 Å². The molecule has 1 fully saturated rings. The van der Waals surface area contributed by atoms with Gasteiger partial charge in [0.05, 0.1) is 12.1 Å². The van der Waals surface area contributed by atoms with Crippen molar-refractivity contribution in [3.63, 3.8) is 0 Å². The summed E-state index contributed by atoms with van der Waals surface area (Å²) in [5.74, 6) is -4.77. The maximum absolute atomic E-state index is 12.5. The number of aliphatic hydroxyl groups is 1. The minimum Gasteiger partial charge on any atom is -0.481 e. The van der Waals surface area contributed by atoms with Crippen molar-refractivity contribution in [3.05, 3.63) is 0 Å². The van der Waals surface area contributed by atoms with Crippen LogP contribution < -0.4 is 21.3 Å². The van der Waals surface area contributed by atoms with Crippen molar-refractivity contribution in [2.24, 2.45) is 0 Å². The third-order valence-corrected chi connectivity index (χ3v) is 4.13. The van der Waals surface area contributed by atoms with Crippen molar-refractivity contribution in [2.75, 3.05) is 13.1 Å². The molecule has 158 valence electrons. The predicted octanol–water partition coefficient (Wildman–Crippen LogP) is -2.85. The van der Waals surface area contributed by atoms with Crippen LogP contribution in [0.15, 0.2) is 0 Å². The van der Waals surface area contributed by atoms with Crippen molar-refractivity contribution in [1.82, 2.24) is 21.3 Å². The Hall–Kier alpha value is -2.73. The molecule has 1 aliphatic heterocycles. The van der Waals surface area contributed by atoms with E-state index in [0.29, 0.717) is 13.0 Å². The second kappa shape index (κ2) is 11.2. The van der Waals surface area contributed by atoms with Crippen LogP contribution in [0.4, 0.5) is 0 Å². The van der Waals surface area contributed by atoms with E-state index in [1.54, 1.807) is 0 Å². The highest BCUT2D eigenvalue weighted by molar-refractivity contribution is 5.94. The molecule has 1 aliphatic rings. The number of hydrogen-bond donors (Lipinski definition) is 7. The SMILES string of the molecule is CC(O)C(NC(=O)C1CCCN1)C(=O)NC(CCC(=O)O)C(=O)NCC(=O)O. The van der Waals surface area contributed by atoms with Crippen LogP contribution in [0.2, 0.25) is 0 Å². The van der Waals surface area contributed by atoms with E-state index >= 15 is 0 Å². The molecule has 1 rings (SSSR count). The number of carboxylic acid groups (broad SMARTS) is 2. The standard InChI is InChI=1S/C16H26N4O8/c1-8(21)13(20-15(27)9-3-2-6-17-9)16(28)19-10(4-5-11(22)23)14(26)18-7-12(24)25/h8-10,13,17,21H,2-7H2,1H3,(H,18,26)(H,19,28)(H,20,27)(H,22,23)(H,24,25). The lowest BCUT2D eigenvalue weighted by molar-refractivity contribution is -0.140. The second-order valence-corrected chi connectivity index (χ2v) is 6.48. The fraction of sp³-hybridized carbons (Fsp3) is 0.688. The number of amides is 3. The molecule has 28 heavy (non-hydrogen) atoms. The number of hydrogen-bond acceptors (Lipinski definition) is 7. The summed E-state index contributed by atoms with van der Waals surface area (Å²) < 4.78 is 0. The Morgan fingerprint density at radius 1 is 1.07 bits per heavy atom. The number of aliphatic hydroxyl groups excluding tert-OH is 1. The highest BCUT2D eigenvalue weighted by Gasteiger charge is 2.32. The van der Waals surface area contributed by atoms with Crippen LogP contribution in [0.25, 0.3) is 0 Å². The first-order chi connectivity index (χ1) is 13.1. The van der Waals surface area contributed by atoms with Crippen LogP contribution in [-0.2, 0) is 24.0 Å². The maximum atomic E-state index is 12.5. The van der Waals surface area contributed by atoms with Gasteiger partial charge in [-0.2, -0.15) is 0 Å². The molecule has 7 N–H and O–H groups in total. The van der Waals surface area contributed by atoms with Gasteiger partial charge in [-0.15, -0.1) is 0 Å². The van der Waals surface area contributed by atoms with E-state index in [1.165, 1.54) is 6.92 Å². The lowest BCUT2D eigenvalue weighted by Gasteiger charge is -2.25. The minimum absolute atomic E-state index is 0.294. The minimum atomic E-state index is -1.37. The van der Waals surface area contributed by atoms with Gasteiger partial charge in [0.15, 0.2) is 0 Å². The van der Waals surface area contributed by atoms with Crippen molar-refractivity contribution < 1.29 is 39.3 Å². The maximum Gasteiger partial charge on any atom is 0.322 e. The molecule has 0 saturated carbocycles. The van der Waals surface area contributed by atoms with Gasteiger partial charge in [0.2, 0.25) is 17.7 Å². The lowest BCUT2D eigenvalue weighted by atomic mass is 10.1. The van der Waals surface area contributed by atoms with Crippen LogP contribution in [-0.4, -0.2) is 82.3 Å². The normalized spacial score (nSPS) is 19.1. The molecule has 0 aromatic carbocycles. The summed E-state index contributed by atoms with van der Waals surface area (Å²) in [4.78, 5) is 58.1. The molecule has 0 bridgehead atoms. The van der Waals surface area contributed by atoms with Crippen molar-refractivity contribution in [3.8, 4) is 0 Å². The lowest BCUT2D eigenvalue weighted by Crippen LogP contribution is -2.59. The van der Waals surface area contributed by atoms with Crippen molar-refractivity contribution >= 4 is 29.7 Å². The molecule has 0 spiro atoms. The summed E-state index contributed by atoms with van der Waals surface area (Å²) in [6.45, 7) is 1.23. The number of carboxylic acids is 2. The highest BCUT2D eigenvalue weighted by atomic mass is 16.4. The van der Waals surface area contributed by atoms with Gasteiger partial charge in [-0.1, -0.05) is 0 Å². The van der Waals surface area contributed by atoms with Gasteiger partial charge < -0.3 is 36.6 Å². The van der Waals surface area contributed by atoms with Gasteiger partial charge in [0.25, 0.3) is 0 Å². The zero-order chi connectivity index (χ0) is 21.3. The molecule has 12 nitrogen and oxygen atoms in total. The Labute approximate surface area is 161 Å². The molecule has 3 amide bonds. The zero-order valence-corrected chi connectivity index (χ0v) is 15.4. The highest BCUT2D eigenvalue weighted by Crippen LogP contribution is 2.07. The van der Waals surface area contributed by atoms with Crippen LogP contribution in [0.5, 0.6) is 0 Å². The summed E-state index contributed by atoms with van der Waals surface area (Å²) >= 11 is 0. The Bertz CT molecular complexity index is 603. The predicted molar refractivity (Wildman–Crippen MR) is 94.1 cm³/mol. The summed E-state index contributed by atoms with van der Waals surface area (Å²) in [6.07, 6.45) is -0.656. The molecule has 0 aromatic rings. The number of rotatable bonds is 11. The average Bonchev–Trinajstić information content (AvgIpc) is 3.14. The van der Waals surface area contributed by atoms with Crippen LogP contribution in [0, 0.1) is 0 Å². The molecule has 0 radical (unpaired) electrons. The van der Waals surface area contributed by atoms with Crippen LogP contribution in [0.1, 0.15) is 32.6 Å². The largest absolute Gasteiger partial charge is 0.481 e. The Balaban J connectivity index is 2.78. The smallest absolute Gasteiger partial charge is 0.322 e. The molecular formula is C16H26N4O8. The summed E-state index contributed by atoms with van der Waals surface area (Å²) in [5.41, 5.74) is 0. The van der Waals surface area contributed by atoms with Gasteiger partial charge in [0, 0.05) is 6.42 Å². The zero-order valence-electron chi connectivity index (χ0n) is 15.4. The fourth-order valence-electron chi connectivity index (χ4n) is 2.65. The molecular weight excluding hydrogens is 376 g/mol. The van der Waals surface area contributed by atoms with Gasteiger partial charge >= 0.3 is 11.9 Å². The summed E-state index contributed by atoms with van der Waals surface area (Å²) in [5, 5.41) is 37.0. The van der Waals surface area contributed by atoms with E-state index in [-0.39, 0.29) is 6.42 Å². The summed E-state index contributed by atoms with van der Waals surface area (Å²) in [7, 11) is 0. The molecule has 0 aliphatic carbocycles. The monoisotopic (exact) mass is 402 g/mol. The third-order valence-electron chi connectivity index (χ3n) is 4.13. The van der Waals surface area contributed by atoms with Gasteiger partial charge in [-0.25, -0.2) is 0 Å². The molecule has 1 heterocycles. The Morgan fingerprint density at radius 3 is 2.25 bits per heavy atom. The number of carbonyl (C=O) groups excluding carboxylic acids is 3. The van der Waals surface area contributed by atoms with E-state index in [1.807, 2.05) is 0 Å². The molecule has 12 heteroatoms. The second-order valence-electron chi connectivity index (χ2n) is 6.48. The number of aliphatic carboxylic acids is 2. The number of carbonyl (C=O) groups is 5. The topological polar surface area (TPSA) is 194 Å². The summed E-state index contributed by atoms with van der Waals surface area (Å²) in [6, 6.07) is -3.20. The van der Waals surface area contributed by atoms with Gasteiger partial charge in [-0.3, -0.25) is 24.0 Å². The van der Waals surface area contributed by atoms with Crippen LogP contribution in [0.3, 0.4) is 0 Å². The first-order valence-electron chi connectivity index (χ1n) is 8.85. The van der Waals surface area contributed by atoms with E-state index in [9.17, 15) is 29.1 Å². The molecule has 0 aromatic heterocycles. The molecule has 1 saturated heterocycles. The third kappa shape index (κ3) is 7.88. The van der Waals surface area contributed by atoms with Crippen molar-refractivity contribution in [2.45, 2.75) is 56.8 Å². The van der Waals surface area contributed by atoms with Crippen molar-refractivity contribution in [1.29, 1.82) is 0 Å². The van der Waals surface area contributed by atoms with Gasteiger partial charge in [-0.05, 0) is 32.7 Å². The molecule has 4 unspecified atom stereocenters. The number of nitrogens with one attached hydrogen (secondary N) is 4. The van der Waals surface area contributed by atoms with E-state index in [0.717, 1.165) is 6.42 Å². The fourth-order valence-corrected chi connectivity index (χ4v) is 2.65. The van der Waals surface area contributed by atoms with Gasteiger partial charge in [0.1, 0.15) is 18.6 Å². The first-order valence-corrected chi connectivity index (χ1v) is 8.85. The quantitative estimate of drug-likeness (QED) is 0.190. The van der Waals surface area contributed by atoms with E-state index < -0.39 is 66.9 Å². The average molecular weight is 402 g/mol. The van der Waals surface area contributed by atoms with E-state index in [4.69, 9.17) is 10.2 Å². The Kier molecular flexibility index (Phi) is 9.32. The first kappa shape index (κ1) is 23.3.